The van der Waals surface area contributed by atoms with Gasteiger partial charge in [-0.25, -0.2) is 0 Å². The van der Waals surface area contributed by atoms with Gasteiger partial charge in [0.25, 0.3) is 11.7 Å². The zero-order valence-corrected chi connectivity index (χ0v) is 20.0. The van der Waals surface area contributed by atoms with Crippen LogP contribution in [0, 0.1) is 0 Å². The molecule has 4 rings (SSSR count). The number of aliphatic hydroxyl groups excluding tert-OH is 1. The second-order valence-electron chi connectivity index (χ2n) is 7.98. The average Bonchev–Trinajstić information content (AvgIpc) is 3.06. The van der Waals surface area contributed by atoms with Gasteiger partial charge in [0.1, 0.15) is 5.76 Å². The fraction of sp³-hybridized carbons (Fsp3) is 0.333. The highest BCUT2D eigenvalue weighted by atomic mass is 35.5. The molecule has 2 saturated heterocycles. The fourth-order valence-corrected chi connectivity index (χ4v) is 4.62. The molecule has 0 aliphatic carbocycles. The average molecular weight is 510 g/mol. The number of halogens is 3. The third kappa shape index (κ3) is 5.20. The Kier molecular flexibility index (Phi) is 7.62. The minimum Gasteiger partial charge on any atom is -0.507 e. The van der Waals surface area contributed by atoms with E-state index in [1.54, 1.807) is 42.5 Å². The maximum Gasteiger partial charge on any atom is 0.295 e. The van der Waals surface area contributed by atoms with Gasteiger partial charge in [0.15, 0.2) is 0 Å². The number of hydrogen-bond acceptors (Lipinski definition) is 5. The Hall–Kier alpha value is -2.09. The highest BCUT2D eigenvalue weighted by Gasteiger charge is 2.46. The van der Waals surface area contributed by atoms with Crippen molar-refractivity contribution >= 4 is 52.3 Å². The Labute approximate surface area is 207 Å². The zero-order chi connectivity index (χ0) is 23.5. The van der Waals surface area contributed by atoms with Crippen LogP contribution < -0.4 is 0 Å². The Morgan fingerprint density at radius 1 is 0.970 bits per heavy atom. The van der Waals surface area contributed by atoms with Crippen LogP contribution in [0.2, 0.25) is 15.1 Å². The number of ether oxygens (including phenoxy) is 1. The van der Waals surface area contributed by atoms with Gasteiger partial charge in [-0.3, -0.25) is 14.5 Å². The molecule has 2 aliphatic heterocycles. The summed E-state index contributed by atoms with van der Waals surface area (Å²) in [5.74, 6) is -1.63. The summed E-state index contributed by atoms with van der Waals surface area (Å²) in [6, 6.07) is 10.6. The highest BCUT2D eigenvalue weighted by Crippen LogP contribution is 2.41. The van der Waals surface area contributed by atoms with Gasteiger partial charge in [-0.15, -0.1) is 0 Å². The second-order valence-corrected chi connectivity index (χ2v) is 9.23. The van der Waals surface area contributed by atoms with E-state index in [9.17, 15) is 14.7 Å². The summed E-state index contributed by atoms with van der Waals surface area (Å²) in [5.41, 5.74) is 1.02. The normalized spacial score (nSPS) is 21.1. The molecule has 174 valence electrons. The van der Waals surface area contributed by atoms with Crippen LogP contribution in [0.3, 0.4) is 0 Å². The lowest BCUT2D eigenvalue weighted by Gasteiger charge is -2.29. The van der Waals surface area contributed by atoms with Gasteiger partial charge in [0, 0.05) is 36.8 Å². The van der Waals surface area contributed by atoms with Gasteiger partial charge in [0.2, 0.25) is 0 Å². The van der Waals surface area contributed by atoms with Crippen molar-refractivity contribution in [2.45, 2.75) is 12.5 Å². The van der Waals surface area contributed by atoms with E-state index in [2.05, 4.69) is 4.90 Å². The number of carbonyl (C=O) groups excluding carboxylic acids is 2. The quantitative estimate of drug-likeness (QED) is 0.344. The Balaban J connectivity index is 1.69. The number of aliphatic hydroxyl groups is 1. The number of ketones is 1. The topological polar surface area (TPSA) is 70.1 Å². The van der Waals surface area contributed by atoms with E-state index < -0.39 is 17.7 Å². The molecule has 0 saturated carbocycles. The minimum atomic E-state index is -0.778. The highest BCUT2D eigenvalue weighted by molar-refractivity contribution is 6.47. The molecule has 9 heteroatoms. The first-order valence-corrected chi connectivity index (χ1v) is 11.8. The third-order valence-corrected chi connectivity index (χ3v) is 6.89. The molecule has 1 atom stereocenters. The molecule has 2 fully saturated rings. The van der Waals surface area contributed by atoms with Gasteiger partial charge in [-0.05, 0) is 48.4 Å². The molecule has 6 nitrogen and oxygen atoms in total. The summed E-state index contributed by atoms with van der Waals surface area (Å²) in [6.07, 6.45) is 0.672. The molecule has 1 N–H and O–H groups in total. The smallest absolute Gasteiger partial charge is 0.295 e. The second kappa shape index (κ2) is 10.5. The first-order chi connectivity index (χ1) is 15.9. The van der Waals surface area contributed by atoms with Crippen LogP contribution >= 0.6 is 34.8 Å². The van der Waals surface area contributed by atoms with Crippen LogP contribution in [0.5, 0.6) is 0 Å². The molecule has 0 spiro atoms. The zero-order valence-electron chi connectivity index (χ0n) is 17.8. The van der Waals surface area contributed by atoms with Crippen molar-refractivity contribution in [1.82, 2.24) is 9.80 Å². The molecule has 0 unspecified atom stereocenters. The molecular formula is C24H23Cl3N2O4. The van der Waals surface area contributed by atoms with Gasteiger partial charge >= 0.3 is 0 Å². The molecule has 2 aliphatic rings. The summed E-state index contributed by atoms with van der Waals surface area (Å²) in [4.78, 5) is 29.9. The lowest BCUT2D eigenvalue weighted by Crippen LogP contribution is -2.38. The van der Waals surface area contributed by atoms with Gasteiger partial charge in [0.05, 0.1) is 34.9 Å². The lowest BCUT2D eigenvalue weighted by molar-refractivity contribution is -0.140. The molecule has 0 aromatic heterocycles. The van der Waals surface area contributed by atoms with Crippen LogP contribution in [0.15, 0.2) is 48.0 Å². The van der Waals surface area contributed by atoms with E-state index in [1.807, 2.05) is 0 Å². The standard InChI is InChI=1S/C24H23Cl3N2O4/c25-17-5-2-15(3-6-17)22(30)20-21(16-4-7-18(26)19(27)14-16)29(24(32)23(20)31)9-1-8-28-10-12-33-13-11-28/h2-7,14,21,30H,1,8-13H2/b22-20+/t21-/m0/s1. The van der Waals surface area contributed by atoms with Crippen LogP contribution in [0.4, 0.5) is 0 Å². The number of rotatable bonds is 6. The molecular weight excluding hydrogens is 487 g/mol. The maximum absolute atomic E-state index is 13.1. The van der Waals surface area contributed by atoms with Crippen molar-refractivity contribution in [1.29, 1.82) is 0 Å². The monoisotopic (exact) mass is 508 g/mol. The van der Waals surface area contributed by atoms with Crippen molar-refractivity contribution in [2.75, 3.05) is 39.4 Å². The Morgan fingerprint density at radius 3 is 2.33 bits per heavy atom. The maximum atomic E-state index is 13.1. The number of morpholine rings is 1. The van der Waals surface area contributed by atoms with Gasteiger partial charge < -0.3 is 14.7 Å². The predicted octanol–water partition coefficient (Wildman–Crippen LogP) is 4.79. The van der Waals surface area contributed by atoms with Crippen molar-refractivity contribution in [3.63, 3.8) is 0 Å². The molecule has 33 heavy (non-hydrogen) atoms. The third-order valence-electron chi connectivity index (χ3n) is 5.89. The number of Topliss-reactive ketones (excluding diaryl/α,β-unsaturated/α-hetero) is 1. The molecule has 2 heterocycles. The molecule has 2 aromatic rings. The summed E-state index contributed by atoms with van der Waals surface area (Å²) < 4.78 is 5.38. The van der Waals surface area contributed by atoms with Crippen molar-refractivity contribution in [3.8, 4) is 0 Å². The summed E-state index contributed by atoms with van der Waals surface area (Å²) >= 11 is 18.3. The predicted molar refractivity (Wildman–Crippen MR) is 129 cm³/mol. The van der Waals surface area contributed by atoms with Crippen molar-refractivity contribution in [2.24, 2.45) is 0 Å². The van der Waals surface area contributed by atoms with Crippen LogP contribution in [-0.2, 0) is 14.3 Å². The summed E-state index contributed by atoms with van der Waals surface area (Å²) in [5, 5.41) is 12.2. The Bertz CT molecular complexity index is 1080. The number of amides is 1. The first kappa shape index (κ1) is 24.0. The molecule has 1 amide bonds. The molecule has 0 bridgehead atoms. The van der Waals surface area contributed by atoms with E-state index in [0.29, 0.717) is 52.4 Å². The molecule has 0 radical (unpaired) electrons. The lowest BCUT2D eigenvalue weighted by atomic mass is 9.95. The first-order valence-electron chi connectivity index (χ1n) is 10.7. The molecule has 2 aromatic carbocycles. The largest absolute Gasteiger partial charge is 0.507 e. The fourth-order valence-electron chi connectivity index (χ4n) is 4.19. The summed E-state index contributed by atoms with van der Waals surface area (Å²) in [7, 11) is 0. The van der Waals surface area contributed by atoms with E-state index >= 15 is 0 Å². The van der Waals surface area contributed by atoms with Gasteiger partial charge in [-0.1, -0.05) is 40.9 Å². The van der Waals surface area contributed by atoms with Crippen LogP contribution in [0.1, 0.15) is 23.6 Å². The van der Waals surface area contributed by atoms with Crippen LogP contribution in [0.25, 0.3) is 5.76 Å². The number of hydrogen-bond donors (Lipinski definition) is 1. The minimum absolute atomic E-state index is 0.0204. The number of nitrogens with zero attached hydrogens (tertiary/aromatic N) is 2. The van der Waals surface area contributed by atoms with E-state index in [-0.39, 0.29) is 11.3 Å². The summed E-state index contributed by atoms with van der Waals surface area (Å²) in [6.45, 7) is 4.18. The van der Waals surface area contributed by atoms with E-state index in [4.69, 9.17) is 39.5 Å². The van der Waals surface area contributed by atoms with Crippen LogP contribution in [-0.4, -0.2) is 66.0 Å². The van der Waals surface area contributed by atoms with Gasteiger partial charge in [-0.2, -0.15) is 0 Å². The number of benzene rings is 2. The number of carbonyl (C=O) groups is 2. The SMILES string of the molecule is O=C1C(=O)N(CCCN2CCOCC2)[C@@H](c2ccc(Cl)c(Cl)c2)/C1=C(\O)c1ccc(Cl)cc1. The number of likely N-dealkylation sites (tertiary alicyclic amines) is 1. The van der Waals surface area contributed by atoms with E-state index in [1.165, 1.54) is 4.90 Å². The van der Waals surface area contributed by atoms with E-state index in [0.717, 1.165) is 19.6 Å². The van der Waals surface area contributed by atoms with Crippen molar-refractivity contribution in [3.05, 3.63) is 74.2 Å². The van der Waals surface area contributed by atoms with Crippen molar-refractivity contribution < 1.29 is 19.4 Å². The Morgan fingerprint density at radius 2 is 1.67 bits per heavy atom.